The Morgan fingerprint density at radius 2 is 1.81 bits per heavy atom. The fourth-order valence-corrected chi connectivity index (χ4v) is 2.34. The topological polar surface area (TPSA) is 22.1 Å². The van der Waals surface area contributed by atoms with Gasteiger partial charge in [-0.3, -0.25) is 4.98 Å². The van der Waals surface area contributed by atoms with Gasteiger partial charge in [0.15, 0.2) is 0 Å². The number of fused-ring (bicyclic) bond motifs is 1. The Balaban J connectivity index is 1.80. The molecule has 2 aromatic carbocycles. The van der Waals surface area contributed by atoms with Crippen LogP contribution in [-0.2, 0) is 6.42 Å². The predicted octanol–water partition coefficient (Wildman–Crippen LogP) is 4.50. The molecule has 2 nitrogen and oxygen atoms in total. The third-order valence-electron chi connectivity index (χ3n) is 3.41. The summed E-state index contributed by atoms with van der Waals surface area (Å²) in [6, 6.07) is 20.4. The van der Waals surface area contributed by atoms with Crippen LogP contribution in [0.25, 0.3) is 17.0 Å². The van der Waals surface area contributed by atoms with Crippen molar-refractivity contribution in [2.24, 2.45) is 0 Å². The van der Waals surface area contributed by atoms with Crippen LogP contribution in [0.3, 0.4) is 0 Å². The molecule has 1 aromatic heterocycles. The summed E-state index contributed by atoms with van der Waals surface area (Å²) in [4.78, 5) is 4.68. The van der Waals surface area contributed by atoms with Gasteiger partial charge >= 0.3 is 0 Å². The second-order valence-electron chi connectivity index (χ2n) is 4.85. The standard InChI is InChI=1S/C19H17NO/c1-21-19-12-6-11-18-17(19)14-13-16(20-18)10-5-9-15-7-3-2-4-8-15/h2-9,11-14H,10H2,1H3/b9-5+. The van der Waals surface area contributed by atoms with Crippen molar-refractivity contribution in [3.8, 4) is 5.75 Å². The van der Waals surface area contributed by atoms with Gasteiger partial charge in [0.25, 0.3) is 0 Å². The summed E-state index contributed by atoms with van der Waals surface area (Å²) in [5.41, 5.74) is 3.24. The fourth-order valence-electron chi connectivity index (χ4n) is 2.34. The van der Waals surface area contributed by atoms with Crippen LogP contribution < -0.4 is 4.74 Å². The van der Waals surface area contributed by atoms with Crippen LogP contribution in [0.15, 0.2) is 66.7 Å². The van der Waals surface area contributed by atoms with E-state index < -0.39 is 0 Å². The van der Waals surface area contributed by atoms with Crippen molar-refractivity contribution < 1.29 is 4.74 Å². The van der Waals surface area contributed by atoms with Crippen LogP contribution in [0.5, 0.6) is 5.75 Å². The number of pyridine rings is 1. The minimum Gasteiger partial charge on any atom is -0.496 e. The molecule has 3 rings (SSSR count). The van der Waals surface area contributed by atoms with Gasteiger partial charge < -0.3 is 4.74 Å². The van der Waals surface area contributed by atoms with Gasteiger partial charge in [0.1, 0.15) is 5.75 Å². The molecule has 0 bridgehead atoms. The molecule has 2 heteroatoms. The zero-order valence-corrected chi connectivity index (χ0v) is 12.0. The van der Waals surface area contributed by atoms with Gasteiger partial charge in [0, 0.05) is 17.5 Å². The van der Waals surface area contributed by atoms with Crippen molar-refractivity contribution in [3.63, 3.8) is 0 Å². The molecule has 0 atom stereocenters. The Bertz CT molecular complexity index is 763. The van der Waals surface area contributed by atoms with E-state index in [1.165, 1.54) is 5.56 Å². The second kappa shape index (κ2) is 6.23. The van der Waals surface area contributed by atoms with Crippen LogP contribution >= 0.6 is 0 Å². The molecule has 0 aliphatic rings. The average Bonchev–Trinajstić information content (AvgIpc) is 2.55. The second-order valence-corrected chi connectivity index (χ2v) is 4.85. The zero-order valence-electron chi connectivity index (χ0n) is 12.0. The van der Waals surface area contributed by atoms with E-state index in [2.05, 4.69) is 41.4 Å². The van der Waals surface area contributed by atoms with E-state index >= 15 is 0 Å². The highest BCUT2D eigenvalue weighted by Crippen LogP contribution is 2.24. The van der Waals surface area contributed by atoms with Crippen molar-refractivity contribution in [2.75, 3.05) is 7.11 Å². The number of rotatable bonds is 4. The van der Waals surface area contributed by atoms with Gasteiger partial charge in [-0.05, 0) is 29.8 Å². The zero-order chi connectivity index (χ0) is 14.5. The average molecular weight is 275 g/mol. The molecule has 104 valence electrons. The van der Waals surface area contributed by atoms with E-state index in [9.17, 15) is 0 Å². The number of allylic oxidation sites excluding steroid dienone is 1. The van der Waals surface area contributed by atoms with Crippen LogP contribution in [-0.4, -0.2) is 12.1 Å². The lowest BCUT2D eigenvalue weighted by Crippen LogP contribution is -1.91. The van der Waals surface area contributed by atoms with Crippen LogP contribution in [0.4, 0.5) is 0 Å². The number of hydrogen-bond acceptors (Lipinski definition) is 2. The van der Waals surface area contributed by atoms with Crippen molar-refractivity contribution in [2.45, 2.75) is 6.42 Å². The molecule has 0 amide bonds. The monoisotopic (exact) mass is 275 g/mol. The number of nitrogens with zero attached hydrogens (tertiary/aromatic N) is 1. The molecule has 0 aliphatic carbocycles. The summed E-state index contributed by atoms with van der Waals surface area (Å²) in [5, 5.41) is 1.05. The van der Waals surface area contributed by atoms with E-state index in [-0.39, 0.29) is 0 Å². The van der Waals surface area contributed by atoms with Gasteiger partial charge in [-0.25, -0.2) is 0 Å². The fraction of sp³-hybridized carbons (Fsp3) is 0.105. The molecule has 3 aromatic rings. The number of aromatic nitrogens is 1. The molecule has 0 N–H and O–H groups in total. The molecular weight excluding hydrogens is 258 g/mol. The molecule has 0 aliphatic heterocycles. The molecule has 0 saturated carbocycles. The van der Waals surface area contributed by atoms with Gasteiger partial charge in [-0.1, -0.05) is 48.6 Å². The molecule has 0 unspecified atom stereocenters. The molecule has 0 radical (unpaired) electrons. The number of methoxy groups -OCH3 is 1. The number of hydrogen-bond donors (Lipinski definition) is 0. The Morgan fingerprint density at radius 1 is 0.952 bits per heavy atom. The third kappa shape index (κ3) is 3.11. The molecule has 21 heavy (non-hydrogen) atoms. The molecule has 0 spiro atoms. The SMILES string of the molecule is COc1cccc2nc(C/C=C/c3ccccc3)ccc12. The minimum atomic E-state index is 0.821. The summed E-state index contributed by atoms with van der Waals surface area (Å²) >= 11 is 0. The maximum atomic E-state index is 5.35. The Labute approximate surface area is 124 Å². The minimum absolute atomic E-state index is 0.821. The van der Waals surface area contributed by atoms with Crippen molar-refractivity contribution >= 4 is 17.0 Å². The summed E-state index contributed by atoms with van der Waals surface area (Å²) in [6.07, 6.45) is 5.09. The van der Waals surface area contributed by atoms with E-state index in [0.717, 1.165) is 28.8 Å². The molecule has 0 saturated heterocycles. The Kier molecular flexibility index (Phi) is 3.97. The van der Waals surface area contributed by atoms with Crippen LogP contribution in [0.2, 0.25) is 0 Å². The lowest BCUT2D eigenvalue weighted by atomic mass is 10.1. The normalized spacial score (nSPS) is 11.1. The smallest absolute Gasteiger partial charge is 0.128 e. The third-order valence-corrected chi connectivity index (χ3v) is 3.41. The quantitative estimate of drug-likeness (QED) is 0.699. The Hall–Kier alpha value is -2.61. The lowest BCUT2D eigenvalue weighted by molar-refractivity contribution is 0.419. The highest BCUT2D eigenvalue weighted by atomic mass is 16.5. The van der Waals surface area contributed by atoms with E-state index in [0.29, 0.717) is 0 Å². The molecular formula is C19H17NO. The maximum Gasteiger partial charge on any atom is 0.128 e. The number of benzene rings is 2. The largest absolute Gasteiger partial charge is 0.496 e. The first-order valence-electron chi connectivity index (χ1n) is 7.01. The van der Waals surface area contributed by atoms with Crippen molar-refractivity contribution in [1.29, 1.82) is 0 Å². The maximum absolute atomic E-state index is 5.35. The van der Waals surface area contributed by atoms with Gasteiger partial charge in [0.2, 0.25) is 0 Å². The van der Waals surface area contributed by atoms with Crippen LogP contribution in [0.1, 0.15) is 11.3 Å². The summed E-state index contributed by atoms with van der Waals surface area (Å²) in [6.45, 7) is 0. The van der Waals surface area contributed by atoms with Crippen molar-refractivity contribution in [3.05, 3.63) is 78.0 Å². The van der Waals surface area contributed by atoms with Gasteiger partial charge in [-0.15, -0.1) is 0 Å². The summed E-state index contributed by atoms with van der Waals surface area (Å²) in [5.74, 6) is 0.867. The molecule has 1 heterocycles. The van der Waals surface area contributed by atoms with Gasteiger partial charge in [-0.2, -0.15) is 0 Å². The highest BCUT2D eigenvalue weighted by Gasteiger charge is 2.02. The molecule has 0 fully saturated rings. The van der Waals surface area contributed by atoms with Gasteiger partial charge in [0.05, 0.1) is 12.6 Å². The van der Waals surface area contributed by atoms with E-state index in [1.54, 1.807) is 7.11 Å². The predicted molar refractivity (Wildman–Crippen MR) is 87.5 cm³/mol. The van der Waals surface area contributed by atoms with Crippen LogP contribution in [0, 0.1) is 0 Å². The first-order valence-corrected chi connectivity index (χ1v) is 7.01. The lowest BCUT2D eigenvalue weighted by Gasteiger charge is -2.05. The van der Waals surface area contributed by atoms with E-state index in [4.69, 9.17) is 4.74 Å². The number of ether oxygens (including phenoxy) is 1. The van der Waals surface area contributed by atoms with E-state index in [1.807, 2.05) is 36.4 Å². The first-order chi connectivity index (χ1) is 10.4. The summed E-state index contributed by atoms with van der Waals surface area (Å²) < 4.78 is 5.35. The summed E-state index contributed by atoms with van der Waals surface area (Å²) in [7, 11) is 1.69. The first kappa shape index (κ1) is 13.4. The highest BCUT2D eigenvalue weighted by molar-refractivity contribution is 5.85. The Morgan fingerprint density at radius 3 is 2.62 bits per heavy atom. The van der Waals surface area contributed by atoms with Crippen molar-refractivity contribution in [1.82, 2.24) is 4.98 Å².